The van der Waals surface area contributed by atoms with Crippen LogP contribution >= 0.6 is 0 Å². The van der Waals surface area contributed by atoms with Crippen molar-refractivity contribution >= 4 is 5.97 Å². The second-order valence-electron chi connectivity index (χ2n) is 3.97. The lowest BCUT2D eigenvalue weighted by molar-refractivity contribution is -0.139. The molecule has 1 fully saturated rings. The highest BCUT2D eigenvalue weighted by Gasteiger charge is 2.22. The SMILES string of the molecule is CC/C=C1/CN[C@@H](C(C)C)COC1=O. The molecule has 0 aliphatic carbocycles. The third-order valence-electron chi connectivity index (χ3n) is 2.47. The van der Waals surface area contributed by atoms with Crippen molar-refractivity contribution in [1.29, 1.82) is 0 Å². The van der Waals surface area contributed by atoms with E-state index < -0.39 is 0 Å². The Bertz CT molecular complexity index is 233. The highest BCUT2D eigenvalue weighted by Crippen LogP contribution is 2.10. The molecule has 3 nitrogen and oxygen atoms in total. The Morgan fingerprint density at radius 2 is 2.36 bits per heavy atom. The van der Waals surface area contributed by atoms with Crippen LogP contribution in [0, 0.1) is 5.92 Å². The average molecular weight is 197 g/mol. The van der Waals surface area contributed by atoms with Gasteiger partial charge in [-0.15, -0.1) is 0 Å². The van der Waals surface area contributed by atoms with Crippen LogP contribution in [-0.4, -0.2) is 25.2 Å². The molecule has 1 saturated heterocycles. The Morgan fingerprint density at radius 3 is 2.93 bits per heavy atom. The van der Waals surface area contributed by atoms with Crippen LogP contribution in [0.2, 0.25) is 0 Å². The molecule has 1 heterocycles. The summed E-state index contributed by atoms with van der Waals surface area (Å²) >= 11 is 0. The highest BCUT2D eigenvalue weighted by atomic mass is 16.5. The quantitative estimate of drug-likeness (QED) is 0.538. The fourth-order valence-corrected chi connectivity index (χ4v) is 1.46. The zero-order valence-corrected chi connectivity index (χ0v) is 9.17. The zero-order valence-electron chi connectivity index (χ0n) is 9.17. The first-order valence-electron chi connectivity index (χ1n) is 5.24. The van der Waals surface area contributed by atoms with Gasteiger partial charge in [-0.2, -0.15) is 0 Å². The molecule has 0 spiro atoms. The molecule has 0 aromatic carbocycles. The molecule has 0 aromatic rings. The molecular weight excluding hydrogens is 178 g/mol. The number of cyclic esters (lactones) is 1. The molecule has 1 atom stereocenters. The first-order valence-corrected chi connectivity index (χ1v) is 5.24. The second kappa shape index (κ2) is 5.15. The molecule has 0 bridgehead atoms. The van der Waals surface area contributed by atoms with Crippen LogP contribution in [0.5, 0.6) is 0 Å². The Labute approximate surface area is 85.5 Å². The summed E-state index contributed by atoms with van der Waals surface area (Å²) < 4.78 is 5.17. The molecule has 1 aliphatic heterocycles. The number of esters is 1. The minimum Gasteiger partial charge on any atom is -0.461 e. The highest BCUT2D eigenvalue weighted by molar-refractivity contribution is 5.89. The van der Waals surface area contributed by atoms with Crippen molar-refractivity contribution in [2.75, 3.05) is 13.2 Å². The molecule has 0 amide bonds. The van der Waals surface area contributed by atoms with Crippen molar-refractivity contribution in [2.24, 2.45) is 5.92 Å². The minimum absolute atomic E-state index is 0.164. The van der Waals surface area contributed by atoms with Gasteiger partial charge in [0.05, 0.1) is 0 Å². The summed E-state index contributed by atoms with van der Waals surface area (Å²) in [6.07, 6.45) is 2.80. The summed E-state index contributed by atoms with van der Waals surface area (Å²) in [5.74, 6) is 0.325. The standard InChI is InChI=1S/C11H19NO2/c1-4-5-9-6-12-10(8(2)3)7-14-11(9)13/h5,8,10,12H,4,6-7H2,1-3H3/b9-5-/t10-/m1/s1. The van der Waals surface area contributed by atoms with Crippen LogP contribution in [0.1, 0.15) is 27.2 Å². The Morgan fingerprint density at radius 1 is 1.64 bits per heavy atom. The topological polar surface area (TPSA) is 38.3 Å². The summed E-state index contributed by atoms with van der Waals surface area (Å²) in [7, 11) is 0. The molecule has 1 rings (SSSR count). The molecule has 1 N–H and O–H groups in total. The summed E-state index contributed by atoms with van der Waals surface area (Å²) in [6.45, 7) is 7.39. The van der Waals surface area contributed by atoms with Gasteiger partial charge in [0, 0.05) is 18.2 Å². The maximum atomic E-state index is 11.4. The zero-order chi connectivity index (χ0) is 10.6. The predicted molar refractivity (Wildman–Crippen MR) is 56.0 cm³/mol. The van der Waals surface area contributed by atoms with E-state index in [0.717, 1.165) is 12.0 Å². The first-order chi connectivity index (χ1) is 6.65. The number of ether oxygens (including phenoxy) is 1. The van der Waals surface area contributed by atoms with Gasteiger partial charge in [0.15, 0.2) is 0 Å². The molecule has 14 heavy (non-hydrogen) atoms. The van der Waals surface area contributed by atoms with Gasteiger partial charge in [0.2, 0.25) is 0 Å². The van der Waals surface area contributed by atoms with Crippen molar-refractivity contribution in [1.82, 2.24) is 5.32 Å². The summed E-state index contributed by atoms with van der Waals surface area (Å²) in [4.78, 5) is 11.4. The summed E-state index contributed by atoms with van der Waals surface area (Å²) in [5, 5.41) is 3.33. The van der Waals surface area contributed by atoms with E-state index in [4.69, 9.17) is 4.74 Å². The van der Waals surface area contributed by atoms with Crippen molar-refractivity contribution in [2.45, 2.75) is 33.2 Å². The van der Waals surface area contributed by atoms with Gasteiger partial charge in [-0.3, -0.25) is 0 Å². The predicted octanol–water partition coefficient (Wildman–Crippen LogP) is 1.49. The fraction of sp³-hybridized carbons (Fsp3) is 0.727. The van der Waals surface area contributed by atoms with Gasteiger partial charge >= 0.3 is 5.97 Å². The summed E-state index contributed by atoms with van der Waals surface area (Å²) in [5.41, 5.74) is 0.760. The third kappa shape index (κ3) is 2.84. The molecule has 0 saturated carbocycles. The first kappa shape index (κ1) is 11.2. The molecule has 0 unspecified atom stereocenters. The maximum absolute atomic E-state index is 11.4. The molecule has 3 heteroatoms. The number of carbonyl (C=O) groups excluding carboxylic acids is 1. The number of allylic oxidation sites excluding steroid dienone is 1. The van der Waals surface area contributed by atoms with Crippen LogP contribution in [0.15, 0.2) is 11.6 Å². The van der Waals surface area contributed by atoms with Crippen molar-refractivity contribution in [3.05, 3.63) is 11.6 Å². The second-order valence-corrected chi connectivity index (χ2v) is 3.97. The van der Waals surface area contributed by atoms with Crippen LogP contribution in [0.25, 0.3) is 0 Å². The van der Waals surface area contributed by atoms with Gasteiger partial charge in [0.25, 0.3) is 0 Å². The monoisotopic (exact) mass is 197 g/mol. The van der Waals surface area contributed by atoms with Crippen LogP contribution in [0.4, 0.5) is 0 Å². The number of nitrogens with one attached hydrogen (secondary N) is 1. The fourth-order valence-electron chi connectivity index (χ4n) is 1.46. The van der Waals surface area contributed by atoms with E-state index in [-0.39, 0.29) is 12.0 Å². The molecular formula is C11H19NO2. The normalized spacial score (nSPS) is 26.4. The van der Waals surface area contributed by atoms with E-state index in [0.29, 0.717) is 19.1 Å². The van der Waals surface area contributed by atoms with Crippen molar-refractivity contribution in [3.8, 4) is 0 Å². The minimum atomic E-state index is -0.164. The van der Waals surface area contributed by atoms with E-state index in [1.165, 1.54) is 0 Å². The third-order valence-corrected chi connectivity index (χ3v) is 2.47. The Kier molecular flexibility index (Phi) is 4.14. The van der Waals surface area contributed by atoms with Crippen LogP contribution in [0.3, 0.4) is 0 Å². The van der Waals surface area contributed by atoms with E-state index in [9.17, 15) is 4.79 Å². The van der Waals surface area contributed by atoms with Gasteiger partial charge in [0.1, 0.15) is 6.61 Å². The van der Waals surface area contributed by atoms with E-state index >= 15 is 0 Å². The van der Waals surface area contributed by atoms with Gasteiger partial charge < -0.3 is 10.1 Å². The molecule has 0 aromatic heterocycles. The molecule has 0 radical (unpaired) electrons. The lowest BCUT2D eigenvalue weighted by Crippen LogP contribution is -2.36. The Balaban J connectivity index is 2.63. The molecule has 1 aliphatic rings. The average Bonchev–Trinajstić information content (AvgIpc) is 2.30. The summed E-state index contributed by atoms with van der Waals surface area (Å²) in [6, 6.07) is 0.279. The smallest absolute Gasteiger partial charge is 0.335 e. The number of rotatable bonds is 2. The van der Waals surface area contributed by atoms with Crippen molar-refractivity contribution in [3.63, 3.8) is 0 Å². The maximum Gasteiger partial charge on any atom is 0.335 e. The van der Waals surface area contributed by atoms with Gasteiger partial charge in [-0.05, 0) is 12.3 Å². The van der Waals surface area contributed by atoms with E-state index in [1.807, 2.05) is 13.0 Å². The lowest BCUT2D eigenvalue weighted by atomic mass is 10.1. The number of carbonyl (C=O) groups is 1. The number of hydrogen-bond acceptors (Lipinski definition) is 3. The Hall–Kier alpha value is -0.830. The van der Waals surface area contributed by atoms with Gasteiger partial charge in [-0.25, -0.2) is 4.79 Å². The van der Waals surface area contributed by atoms with Crippen LogP contribution < -0.4 is 5.32 Å². The largest absolute Gasteiger partial charge is 0.461 e. The van der Waals surface area contributed by atoms with Crippen molar-refractivity contribution < 1.29 is 9.53 Å². The van der Waals surface area contributed by atoms with E-state index in [2.05, 4.69) is 19.2 Å². The lowest BCUT2D eigenvalue weighted by Gasteiger charge is -2.17. The van der Waals surface area contributed by atoms with E-state index in [1.54, 1.807) is 0 Å². The van der Waals surface area contributed by atoms with Crippen LogP contribution in [-0.2, 0) is 9.53 Å². The number of hydrogen-bond donors (Lipinski definition) is 1. The molecule has 80 valence electrons. The van der Waals surface area contributed by atoms with Gasteiger partial charge in [-0.1, -0.05) is 26.8 Å².